The zero-order valence-corrected chi connectivity index (χ0v) is 71.5. The molecule has 3 aliphatic rings. The average Bonchev–Trinajstić information content (AvgIpc) is 1.67. The van der Waals surface area contributed by atoms with Crippen LogP contribution in [0.5, 0.6) is 0 Å². The first-order valence-electron chi connectivity index (χ1n) is 40.1. The first kappa shape index (κ1) is 91.3. The summed E-state index contributed by atoms with van der Waals surface area (Å²) in [7, 11) is 11.4. The van der Waals surface area contributed by atoms with Crippen molar-refractivity contribution >= 4 is 85.6 Å². The minimum Gasteiger partial charge on any atom is -0.381 e. The lowest BCUT2D eigenvalue weighted by Crippen LogP contribution is -2.36. The standard InChI is InChI=1S/C27H26F2N6O3.C27H28F2N6O2.C18H16ClN5O3.C9H11F2N.C8H19N/c1-14(10-15-11-16(28)4-5-19(15)29)31-20-6-7-30-25(36)23(20)24-32-21-12-17-18(13-22(21)33-24)27(38)35(26(17)37)9-8-34(2)3;1-15(10-16-11-18(28)4-5-20(16)29)31-21-6-7-30-26(36)24(21)25-32-22-12-17-14-35(9-8-34(2)3)27(37)19(17)13-23(22)33-25;1-23(2)5-6-24-17(26)9-7-12-13(8-10(9)18(24)27)22-15(21-12)14-11(19)3-4-20-16(14)25;1-6(12)4-7-5-8(10)2-3-9(7)11;1-6-9(7(2)3)8(4)5/h4-7,11-14H,8-10H2,1-3H3,(H,32,33)(H2,30,31,36);4-7,11-13,15H,8-10,14H2,1-3H3,(H,32,33)(H2,30,31,36);3-4,7-8H,5-6H2,1-2H3,(H,20,25)(H,21,22);2-3,5-6H,4,12H2,1H3;7-8H,6H2,1-5H3. The molecule has 3 unspecified atom stereocenters. The lowest BCUT2D eigenvalue weighted by atomic mass is 10.1. The first-order valence-corrected chi connectivity index (χ1v) is 40.5. The lowest BCUT2D eigenvalue weighted by Gasteiger charge is -2.28. The molecule has 0 saturated heterocycles. The van der Waals surface area contributed by atoms with Crippen LogP contribution in [0.3, 0.4) is 0 Å². The molecule has 0 aliphatic carbocycles. The van der Waals surface area contributed by atoms with Crippen LogP contribution in [0.15, 0.2) is 142 Å². The van der Waals surface area contributed by atoms with Crippen molar-refractivity contribution in [1.29, 1.82) is 0 Å². The maximum absolute atomic E-state index is 14.1. The number of aromatic nitrogens is 9. The van der Waals surface area contributed by atoms with E-state index in [0.717, 1.165) is 66.6 Å². The number of rotatable bonds is 25. The van der Waals surface area contributed by atoms with Crippen LogP contribution in [0.4, 0.5) is 37.7 Å². The number of hydrogen-bond acceptors (Lipinski definition) is 18. The molecule has 0 fully saturated rings. The number of nitrogens with one attached hydrogen (secondary N) is 8. The summed E-state index contributed by atoms with van der Waals surface area (Å²) < 4.78 is 81.0. The van der Waals surface area contributed by atoms with Crippen LogP contribution in [0.25, 0.3) is 67.3 Å². The van der Waals surface area contributed by atoms with Crippen LogP contribution in [0.1, 0.15) is 129 Å². The third-order valence-corrected chi connectivity index (χ3v) is 21.1. The zero-order chi connectivity index (χ0) is 89.3. The summed E-state index contributed by atoms with van der Waals surface area (Å²) in [5.74, 6) is -3.42. The molecule has 3 aliphatic heterocycles. The molecule has 10 N–H and O–H groups in total. The summed E-state index contributed by atoms with van der Waals surface area (Å²) in [5.41, 5.74) is 12.7. The number of imide groups is 2. The van der Waals surface area contributed by atoms with Gasteiger partial charge >= 0.3 is 0 Å². The highest BCUT2D eigenvalue weighted by atomic mass is 35.5. The van der Waals surface area contributed by atoms with Crippen molar-refractivity contribution in [3.05, 3.63) is 249 Å². The number of pyridine rings is 3. The number of anilines is 2. The quantitative estimate of drug-likeness (QED) is 0.0190. The molecule has 9 heterocycles. The lowest BCUT2D eigenvalue weighted by molar-refractivity contribution is 0.0629. The zero-order valence-electron chi connectivity index (χ0n) is 70.8. The van der Waals surface area contributed by atoms with Gasteiger partial charge in [-0.2, -0.15) is 0 Å². The van der Waals surface area contributed by atoms with Gasteiger partial charge in [-0.15, -0.1) is 0 Å². The SMILES string of the molecule is CC(Cc1cc(F)ccc1F)Nc1cc[nH]c(=O)c1-c1nc2cc3c(cc2[nH]1)C(=O)N(CCN(C)C)C3=O.CC(Cc1cc(F)ccc1F)Nc1cc[nH]c(=O)c1-c1nc2cc3c(cc2[nH]1)CN(CCN(C)C)C3=O.CC(N)Cc1cc(F)ccc1F.CCN(C(C)C)C(C)C.CN(C)CCN1C(=O)c2cc3nc(-c4c(Cl)cc[nH]c4=O)[nH]c3cc2C1=O. The molecule has 5 amide bonds. The number of aromatic amines is 6. The van der Waals surface area contributed by atoms with Crippen molar-refractivity contribution in [2.24, 2.45) is 5.73 Å². The third kappa shape index (κ3) is 21.7. The highest BCUT2D eigenvalue weighted by Gasteiger charge is 2.38. The maximum Gasteiger partial charge on any atom is 0.261 e. The molecule has 6 aromatic heterocycles. The van der Waals surface area contributed by atoms with Crippen molar-refractivity contribution < 1.29 is 50.3 Å². The fourth-order valence-corrected chi connectivity index (χ4v) is 15.0. The normalized spacial score (nSPS) is 13.7. The van der Waals surface area contributed by atoms with E-state index in [1.165, 1.54) is 40.5 Å². The van der Waals surface area contributed by atoms with Crippen molar-refractivity contribution in [2.75, 3.05) is 98.7 Å². The molecule has 3 atom stereocenters. The van der Waals surface area contributed by atoms with Crippen LogP contribution in [0.2, 0.25) is 5.02 Å². The third-order valence-electron chi connectivity index (χ3n) is 20.7. The number of likely N-dealkylation sites (N-methyl/N-ethyl adjacent to an activating group) is 3. The van der Waals surface area contributed by atoms with Gasteiger partial charge in [-0.05, 0) is 248 Å². The van der Waals surface area contributed by atoms with E-state index < -0.39 is 40.5 Å². The molecule has 12 aromatic rings. The molecule has 34 heteroatoms. The number of amides is 5. The van der Waals surface area contributed by atoms with Gasteiger partial charge in [-0.3, -0.25) is 53.1 Å². The number of halogens is 7. The predicted octanol–water partition coefficient (Wildman–Crippen LogP) is 12.9. The number of carbonyl (C=O) groups excluding carboxylic acids is 5. The van der Waals surface area contributed by atoms with E-state index in [2.05, 4.69) is 95.0 Å². The van der Waals surface area contributed by atoms with E-state index in [1.807, 2.05) is 74.9 Å². The molecule has 6 aromatic carbocycles. The topological polar surface area (TPSA) is 343 Å². The van der Waals surface area contributed by atoms with Crippen LogP contribution < -0.4 is 33.0 Å². The Morgan fingerprint density at radius 1 is 0.439 bits per heavy atom. The minimum absolute atomic E-state index is 0.0263. The van der Waals surface area contributed by atoms with Gasteiger partial charge in [0.2, 0.25) is 0 Å². The summed E-state index contributed by atoms with van der Waals surface area (Å²) in [4.78, 5) is 145. The number of fused-ring (bicyclic) bond motifs is 6. The summed E-state index contributed by atoms with van der Waals surface area (Å²) >= 11 is 6.12. The fourth-order valence-electron chi connectivity index (χ4n) is 14.7. The Balaban J connectivity index is 0.000000162. The first-order chi connectivity index (χ1) is 58.4. The number of hydrogen-bond donors (Lipinski definition) is 9. The van der Waals surface area contributed by atoms with Gasteiger partial charge in [-0.25, -0.2) is 41.3 Å². The molecule has 0 radical (unpaired) electrons. The second-order valence-corrected chi connectivity index (χ2v) is 32.3. The molecule has 15 rings (SSSR count). The van der Waals surface area contributed by atoms with Crippen LogP contribution in [-0.2, 0) is 25.8 Å². The van der Waals surface area contributed by atoms with Crippen molar-refractivity contribution in [3.63, 3.8) is 0 Å². The van der Waals surface area contributed by atoms with E-state index in [1.54, 1.807) is 62.4 Å². The van der Waals surface area contributed by atoms with Crippen LogP contribution in [0, 0.1) is 34.9 Å². The Labute approximate surface area is 710 Å². The van der Waals surface area contributed by atoms with E-state index in [4.69, 9.17) is 17.3 Å². The Morgan fingerprint density at radius 2 is 0.789 bits per heavy atom. The Bertz CT molecular complexity index is 6000. The summed E-state index contributed by atoms with van der Waals surface area (Å²) in [6, 6.07) is 25.5. The molecular weight excluding hydrogens is 1610 g/mol. The molecule has 27 nitrogen and oxygen atoms in total. The van der Waals surface area contributed by atoms with Gasteiger partial charge in [0.05, 0.1) is 71.8 Å². The summed E-state index contributed by atoms with van der Waals surface area (Å²) in [5, 5.41) is 6.68. The van der Waals surface area contributed by atoms with E-state index in [-0.39, 0.29) is 128 Å². The molecule has 648 valence electrons. The highest BCUT2D eigenvalue weighted by Crippen LogP contribution is 2.35. The molecule has 0 spiro atoms. The average molecular weight is 1710 g/mol. The smallest absolute Gasteiger partial charge is 0.261 e. The largest absolute Gasteiger partial charge is 0.381 e. The molecule has 123 heavy (non-hydrogen) atoms. The summed E-state index contributed by atoms with van der Waals surface area (Å²) in [6.07, 6.45) is 5.20. The van der Waals surface area contributed by atoms with Crippen molar-refractivity contribution in [1.82, 2.24) is 79.2 Å². The van der Waals surface area contributed by atoms with E-state index in [0.29, 0.717) is 124 Å². The molecule has 0 saturated carbocycles. The van der Waals surface area contributed by atoms with Crippen molar-refractivity contribution in [2.45, 2.75) is 111 Å². The van der Waals surface area contributed by atoms with E-state index >= 15 is 0 Å². The Morgan fingerprint density at radius 3 is 1.15 bits per heavy atom. The second-order valence-electron chi connectivity index (χ2n) is 31.9. The Hall–Kier alpha value is -12.4. The monoisotopic (exact) mass is 1710 g/mol. The minimum atomic E-state index is -0.530. The van der Waals surface area contributed by atoms with Crippen LogP contribution >= 0.6 is 11.6 Å². The number of nitrogens with two attached hydrogens (primary N) is 1. The number of H-pyrrole nitrogens is 6. The molecule has 0 bridgehead atoms. The maximum atomic E-state index is 14.1. The fraction of sp³-hybridized carbons (Fsp3) is 0.337. The predicted molar refractivity (Wildman–Crippen MR) is 465 cm³/mol. The highest BCUT2D eigenvalue weighted by molar-refractivity contribution is 6.33. The van der Waals surface area contributed by atoms with Gasteiger partial charge < -0.3 is 65.9 Å². The molecular formula is C89H100ClF6N19O8. The van der Waals surface area contributed by atoms with Gasteiger partial charge in [0.25, 0.3) is 46.2 Å². The Kier molecular flexibility index (Phi) is 29.4. The van der Waals surface area contributed by atoms with E-state index in [9.17, 15) is 64.7 Å². The van der Waals surface area contributed by atoms with Gasteiger partial charge in [0.1, 0.15) is 69.1 Å². The number of nitrogens with zero attached hydrogens (tertiary/aromatic N) is 10. The second kappa shape index (κ2) is 39.6. The number of imidazole rings is 3. The van der Waals surface area contributed by atoms with Gasteiger partial charge in [0, 0.05) is 100 Å². The van der Waals surface area contributed by atoms with Crippen molar-refractivity contribution in [3.8, 4) is 34.2 Å². The van der Waals surface area contributed by atoms with Crippen LogP contribution in [-0.4, -0.2) is 227 Å². The van der Waals surface area contributed by atoms with Gasteiger partial charge in [-0.1, -0.05) is 18.5 Å². The number of benzene rings is 6. The summed E-state index contributed by atoms with van der Waals surface area (Å²) in [6.45, 7) is 21.4. The number of carbonyl (C=O) groups is 5. The van der Waals surface area contributed by atoms with Gasteiger partial charge in [0.15, 0.2) is 0 Å².